The van der Waals surface area contributed by atoms with E-state index in [0.29, 0.717) is 11.4 Å². The minimum Gasteiger partial charge on any atom is -0.497 e. The van der Waals surface area contributed by atoms with Gasteiger partial charge in [0.25, 0.3) is 5.91 Å². The smallest absolute Gasteiger partial charge is 0.273 e. The number of nitrogens with one attached hydrogen (secondary N) is 2. The summed E-state index contributed by atoms with van der Waals surface area (Å²) in [4.78, 5) is 18.1. The molecule has 5 heteroatoms. The molecule has 0 unspecified atom stereocenters. The van der Waals surface area contributed by atoms with Gasteiger partial charge in [-0.2, -0.15) is 0 Å². The van der Waals surface area contributed by atoms with Crippen LogP contribution in [-0.2, 0) is 0 Å². The first-order valence-electron chi connectivity index (χ1n) is 4.73. The monoisotopic (exact) mass is 217 g/mol. The molecule has 1 aromatic heterocycles. The van der Waals surface area contributed by atoms with Crippen molar-refractivity contribution in [3.63, 3.8) is 0 Å². The number of hydrogen-bond donors (Lipinski definition) is 2. The Hall–Kier alpha value is -2.30. The van der Waals surface area contributed by atoms with Crippen molar-refractivity contribution in [1.29, 1.82) is 0 Å². The third-order valence-electron chi connectivity index (χ3n) is 2.09. The van der Waals surface area contributed by atoms with Crippen LogP contribution in [0.25, 0.3) is 0 Å². The summed E-state index contributed by atoms with van der Waals surface area (Å²) in [6, 6.07) is 7.10. The number of carbonyl (C=O) groups excluding carboxylic acids is 1. The first-order chi connectivity index (χ1) is 7.79. The van der Waals surface area contributed by atoms with Gasteiger partial charge in [0.15, 0.2) is 0 Å². The number of methoxy groups -OCH3 is 1. The molecule has 0 aliphatic heterocycles. The van der Waals surface area contributed by atoms with Crippen molar-refractivity contribution in [2.24, 2.45) is 0 Å². The molecule has 0 fully saturated rings. The second-order valence-corrected chi connectivity index (χ2v) is 3.15. The number of aromatic amines is 1. The summed E-state index contributed by atoms with van der Waals surface area (Å²) in [5, 5.41) is 2.73. The molecule has 5 nitrogen and oxygen atoms in total. The number of aromatic nitrogens is 2. The molecule has 1 heterocycles. The first kappa shape index (κ1) is 10.2. The number of ether oxygens (including phenoxy) is 1. The molecule has 0 aliphatic carbocycles. The number of anilines is 1. The lowest BCUT2D eigenvalue weighted by molar-refractivity contribution is 0.102. The Morgan fingerprint density at radius 1 is 1.38 bits per heavy atom. The predicted molar refractivity (Wildman–Crippen MR) is 59.5 cm³/mol. The molecule has 0 aliphatic rings. The third kappa shape index (κ3) is 2.20. The highest BCUT2D eigenvalue weighted by Crippen LogP contribution is 2.15. The Morgan fingerprint density at radius 3 is 2.69 bits per heavy atom. The number of hydrogen-bond acceptors (Lipinski definition) is 3. The van der Waals surface area contributed by atoms with Gasteiger partial charge in [0.1, 0.15) is 11.4 Å². The number of imidazole rings is 1. The van der Waals surface area contributed by atoms with E-state index in [-0.39, 0.29) is 5.91 Å². The first-order valence-corrected chi connectivity index (χ1v) is 4.73. The molecule has 82 valence electrons. The van der Waals surface area contributed by atoms with Gasteiger partial charge in [-0.15, -0.1) is 0 Å². The molecular weight excluding hydrogens is 206 g/mol. The van der Waals surface area contributed by atoms with E-state index in [4.69, 9.17) is 4.74 Å². The summed E-state index contributed by atoms with van der Waals surface area (Å²) in [5.74, 6) is 0.530. The molecule has 1 amide bonds. The highest BCUT2D eigenvalue weighted by atomic mass is 16.5. The van der Waals surface area contributed by atoms with Crippen LogP contribution in [0.2, 0.25) is 0 Å². The quantitative estimate of drug-likeness (QED) is 0.821. The normalized spacial score (nSPS) is 9.81. The van der Waals surface area contributed by atoms with Gasteiger partial charge in [0.2, 0.25) is 0 Å². The highest BCUT2D eigenvalue weighted by molar-refractivity contribution is 6.02. The number of nitrogens with zero attached hydrogens (tertiary/aromatic N) is 1. The maximum absolute atomic E-state index is 11.6. The van der Waals surface area contributed by atoms with Crippen LogP contribution in [0.1, 0.15) is 10.5 Å². The number of rotatable bonds is 3. The second kappa shape index (κ2) is 4.48. The van der Waals surface area contributed by atoms with Crippen molar-refractivity contribution in [2.75, 3.05) is 12.4 Å². The van der Waals surface area contributed by atoms with E-state index in [9.17, 15) is 4.79 Å². The fourth-order valence-corrected chi connectivity index (χ4v) is 1.25. The summed E-state index contributed by atoms with van der Waals surface area (Å²) >= 11 is 0. The molecule has 2 rings (SSSR count). The van der Waals surface area contributed by atoms with E-state index in [0.717, 1.165) is 5.75 Å². The fourth-order valence-electron chi connectivity index (χ4n) is 1.25. The Balaban J connectivity index is 2.06. The molecule has 0 saturated carbocycles. The average molecular weight is 217 g/mol. The Morgan fingerprint density at radius 2 is 2.12 bits per heavy atom. The van der Waals surface area contributed by atoms with Crippen LogP contribution in [0.3, 0.4) is 0 Å². The third-order valence-corrected chi connectivity index (χ3v) is 2.09. The van der Waals surface area contributed by atoms with Gasteiger partial charge in [-0.3, -0.25) is 4.79 Å². The van der Waals surface area contributed by atoms with Crippen molar-refractivity contribution in [3.8, 4) is 5.75 Å². The van der Waals surface area contributed by atoms with Gasteiger partial charge in [-0.05, 0) is 24.3 Å². The van der Waals surface area contributed by atoms with Gasteiger partial charge in [0.05, 0.1) is 19.6 Å². The van der Waals surface area contributed by atoms with E-state index in [1.54, 1.807) is 31.4 Å². The largest absolute Gasteiger partial charge is 0.497 e. The van der Waals surface area contributed by atoms with Gasteiger partial charge in [-0.25, -0.2) is 4.98 Å². The number of carbonyl (C=O) groups is 1. The standard InChI is InChI=1S/C11H11N3O2/c1-16-9-4-2-8(3-5-9)14-11(15)10-6-12-7-13-10/h2-7H,1H3,(H,12,13)(H,14,15). The van der Waals surface area contributed by atoms with Crippen molar-refractivity contribution < 1.29 is 9.53 Å². The maximum atomic E-state index is 11.6. The molecule has 0 spiro atoms. The molecular formula is C11H11N3O2. The highest BCUT2D eigenvalue weighted by Gasteiger charge is 2.06. The number of amides is 1. The van der Waals surface area contributed by atoms with Gasteiger partial charge in [0, 0.05) is 5.69 Å². The lowest BCUT2D eigenvalue weighted by Gasteiger charge is -2.04. The van der Waals surface area contributed by atoms with E-state index in [1.165, 1.54) is 12.5 Å². The average Bonchev–Trinajstić information content (AvgIpc) is 2.83. The zero-order valence-corrected chi connectivity index (χ0v) is 8.73. The fraction of sp³-hybridized carbons (Fsp3) is 0.0909. The van der Waals surface area contributed by atoms with E-state index >= 15 is 0 Å². The number of benzene rings is 1. The summed E-state index contributed by atoms with van der Waals surface area (Å²) in [5.41, 5.74) is 1.14. The molecule has 2 N–H and O–H groups in total. The molecule has 2 aromatic rings. The lowest BCUT2D eigenvalue weighted by atomic mass is 10.3. The molecule has 0 radical (unpaired) electrons. The summed E-state index contributed by atoms with van der Waals surface area (Å²) in [6.45, 7) is 0. The van der Waals surface area contributed by atoms with Crippen LogP contribution in [0.4, 0.5) is 5.69 Å². The molecule has 0 atom stereocenters. The van der Waals surface area contributed by atoms with E-state index in [1.807, 2.05) is 0 Å². The Kier molecular flexibility index (Phi) is 2.86. The van der Waals surface area contributed by atoms with Crippen LogP contribution in [0.15, 0.2) is 36.8 Å². The summed E-state index contributed by atoms with van der Waals surface area (Å²) < 4.78 is 5.02. The van der Waals surface area contributed by atoms with Crippen molar-refractivity contribution in [2.45, 2.75) is 0 Å². The Labute approximate surface area is 92.5 Å². The Bertz CT molecular complexity index is 462. The van der Waals surface area contributed by atoms with Crippen molar-refractivity contribution in [3.05, 3.63) is 42.5 Å². The minimum absolute atomic E-state index is 0.220. The molecule has 0 bridgehead atoms. The molecule has 0 saturated heterocycles. The van der Waals surface area contributed by atoms with Gasteiger partial charge < -0.3 is 15.0 Å². The van der Waals surface area contributed by atoms with E-state index in [2.05, 4.69) is 15.3 Å². The van der Waals surface area contributed by atoms with Crippen LogP contribution in [-0.4, -0.2) is 23.0 Å². The van der Waals surface area contributed by atoms with Crippen LogP contribution < -0.4 is 10.1 Å². The zero-order valence-electron chi connectivity index (χ0n) is 8.73. The van der Waals surface area contributed by atoms with Crippen LogP contribution in [0, 0.1) is 0 Å². The lowest BCUT2D eigenvalue weighted by Crippen LogP contribution is -2.11. The zero-order chi connectivity index (χ0) is 11.4. The second-order valence-electron chi connectivity index (χ2n) is 3.15. The predicted octanol–water partition coefficient (Wildman–Crippen LogP) is 1.67. The summed E-state index contributed by atoms with van der Waals surface area (Å²) in [7, 11) is 1.60. The summed E-state index contributed by atoms with van der Waals surface area (Å²) in [6.07, 6.45) is 2.93. The van der Waals surface area contributed by atoms with Gasteiger partial charge >= 0.3 is 0 Å². The van der Waals surface area contributed by atoms with E-state index < -0.39 is 0 Å². The van der Waals surface area contributed by atoms with Crippen LogP contribution >= 0.6 is 0 Å². The topological polar surface area (TPSA) is 67.0 Å². The molecule has 16 heavy (non-hydrogen) atoms. The SMILES string of the molecule is COc1ccc(NC(=O)c2cnc[nH]2)cc1. The van der Waals surface area contributed by atoms with Crippen molar-refractivity contribution >= 4 is 11.6 Å². The van der Waals surface area contributed by atoms with Gasteiger partial charge in [-0.1, -0.05) is 0 Å². The maximum Gasteiger partial charge on any atom is 0.273 e. The minimum atomic E-state index is -0.220. The van der Waals surface area contributed by atoms with Crippen LogP contribution in [0.5, 0.6) is 5.75 Å². The number of H-pyrrole nitrogens is 1. The van der Waals surface area contributed by atoms with Crippen molar-refractivity contribution in [1.82, 2.24) is 9.97 Å². The molecule has 1 aromatic carbocycles.